The van der Waals surface area contributed by atoms with Crippen LogP contribution < -0.4 is 5.32 Å². The van der Waals surface area contributed by atoms with Gasteiger partial charge < -0.3 is 15.0 Å². The lowest BCUT2D eigenvalue weighted by Crippen LogP contribution is -2.47. The Bertz CT molecular complexity index is 894. The zero-order valence-electron chi connectivity index (χ0n) is 21.0. The number of morpholine rings is 1. The van der Waals surface area contributed by atoms with Crippen molar-refractivity contribution in [2.45, 2.75) is 45.1 Å². The van der Waals surface area contributed by atoms with E-state index in [0.29, 0.717) is 12.6 Å². The first-order valence-corrected chi connectivity index (χ1v) is 12.7. The predicted octanol–water partition coefficient (Wildman–Crippen LogP) is 3.40. The number of hydrogen-bond donors (Lipinski definition) is 1. The largest absolute Gasteiger partial charge is 0.373 e. The molecule has 2 fully saturated rings. The van der Waals surface area contributed by atoms with Gasteiger partial charge in [-0.2, -0.15) is 0 Å². The Kier molecular flexibility index (Phi) is 8.73. The number of amides is 1. The minimum atomic E-state index is 0.0122. The zero-order chi connectivity index (χ0) is 23.9. The van der Waals surface area contributed by atoms with Gasteiger partial charge in [0.05, 0.1) is 12.2 Å². The van der Waals surface area contributed by atoms with Crippen molar-refractivity contribution in [3.05, 3.63) is 71.3 Å². The average molecular weight is 465 g/mol. The van der Waals surface area contributed by atoms with Gasteiger partial charge >= 0.3 is 0 Å². The van der Waals surface area contributed by atoms with Gasteiger partial charge in [0.2, 0.25) is 0 Å². The molecule has 2 saturated heterocycles. The SMILES string of the molecule is CC1CN(Cc2ccc(C(=O)NCCCN3CCN(C)CC3c3ccccc3)cc2)CC(C)O1. The molecule has 6 nitrogen and oxygen atoms in total. The molecule has 0 radical (unpaired) electrons. The Morgan fingerprint density at radius 2 is 1.68 bits per heavy atom. The number of benzene rings is 2. The molecule has 0 spiro atoms. The van der Waals surface area contributed by atoms with E-state index in [1.54, 1.807) is 0 Å². The number of nitrogens with zero attached hydrogens (tertiary/aromatic N) is 3. The topological polar surface area (TPSA) is 48.1 Å². The quantitative estimate of drug-likeness (QED) is 0.607. The summed E-state index contributed by atoms with van der Waals surface area (Å²) in [6.07, 6.45) is 1.48. The van der Waals surface area contributed by atoms with Gasteiger partial charge in [-0.1, -0.05) is 42.5 Å². The molecule has 0 aliphatic carbocycles. The van der Waals surface area contributed by atoms with Crippen molar-refractivity contribution in [1.82, 2.24) is 20.0 Å². The lowest BCUT2D eigenvalue weighted by molar-refractivity contribution is -0.0704. The second kappa shape index (κ2) is 11.9. The first kappa shape index (κ1) is 24.9. The summed E-state index contributed by atoms with van der Waals surface area (Å²) < 4.78 is 5.82. The smallest absolute Gasteiger partial charge is 0.251 e. The molecule has 1 amide bonds. The van der Waals surface area contributed by atoms with Crippen LogP contribution in [0.25, 0.3) is 0 Å². The molecular formula is C28H40N4O2. The summed E-state index contributed by atoms with van der Waals surface area (Å²) in [5.41, 5.74) is 3.34. The summed E-state index contributed by atoms with van der Waals surface area (Å²) in [6, 6.07) is 19.2. The van der Waals surface area contributed by atoms with Crippen molar-refractivity contribution in [1.29, 1.82) is 0 Å². The number of nitrogens with one attached hydrogen (secondary N) is 1. The first-order valence-electron chi connectivity index (χ1n) is 12.7. The van der Waals surface area contributed by atoms with Crippen LogP contribution >= 0.6 is 0 Å². The van der Waals surface area contributed by atoms with Crippen LogP contribution in [-0.2, 0) is 11.3 Å². The van der Waals surface area contributed by atoms with E-state index in [9.17, 15) is 4.79 Å². The van der Waals surface area contributed by atoms with E-state index in [4.69, 9.17) is 4.74 Å². The number of ether oxygens (including phenoxy) is 1. The van der Waals surface area contributed by atoms with Gasteiger partial charge in [-0.05, 0) is 50.6 Å². The van der Waals surface area contributed by atoms with Crippen molar-refractivity contribution in [3.8, 4) is 0 Å². The maximum atomic E-state index is 12.7. The molecule has 2 aromatic carbocycles. The maximum absolute atomic E-state index is 12.7. The second-order valence-corrected chi connectivity index (χ2v) is 9.98. The van der Waals surface area contributed by atoms with Gasteiger partial charge in [0.1, 0.15) is 0 Å². The molecule has 0 bridgehead atoms. The van der Waals surface area contributed by atoms with E-state index in [-0.39, 0.29) is 18.1 Å². The lowest BCUT2D eigenvalue weighted by atomic mass is 10.0. The molecular weight excluding hydrogens is 424 g/mol. The van der Waals surface area contributed by atoms with E-state index in [2.05, 4.69) is 83.4 Å². The minimum absolute atomic E-state index is 0.0122. The fraction of sp³-hybridized carbons (Fsp3) is 0.536. The number of carbonyl (C=O) groups is 1. The van der Waals surface area contributed by atoms with E-state index in [0.717, 1.165) is 57.8 Å². The number of piperazine rings is 1. The fourth-order valence-electron chi connectivity index (χ4n) is 5.24. The highest BCUT2D eigenvalue weighted by atomic mass is 16.5. The van der Waals surface area contributed by atoms with E-state index in [1.165, 1.54) is 11.1 Å². The molecule has 0 saturated carbocycles. The Hall–Kier alpha value is -2.25. The summed E-state index contributed by atoms with van der Waals surface area (Å²) >= 11 is 0. The van der Waals surface area contributed by atoms with Crippen molar-refractivity contribution >= 4 is 5.91 Å². The predicted molar refractivity (Wildman–Crippen MR) is 137 cm³/mol. The van der Waals surface area contributed by atoms with Crippen molar-refractivity contribution in [3.63, 3.8) is 0 Å². The molecule has 3 unspecified atom stereocenters. The fourth-order valence-corrected chi connectivity index (χ4v) is 5.24. The van der Waals surface area contributed by atoms with Crippen LogP contribution in [0.1, 0.15) is 47.8 Å². The van der Waals surface area contributed by atoms with Gasteiger partial charge in [0, 0.05) is 64.0 Å². The van der Waals surface area contributed by atoms with Crippen LogP contribution in [0.4, 0.5) is 0 Å². The highest BCUT2D eigenvalue weighted by Crippen LogP contribution is 2.24. The number of rotatable bonds is 8. The molecule has 0 aromatic heterocycles. The Labute approximate surface area is 204 Å². The highest BCUT2D eigenvalue weighted by molar-refractivity contribution is 5.94. The first-order chi connectivity index (χ1) is 16.5. The highest BCUT2D eigenvalue weighted by Gasteiger charge is 2.26. The molecule has 2 aromatic rings. The van der Waals surface area contributed by atoms with Crippen LogP contribution in [0.3, 0.4) is 0 Å². The molecule has 1 N–H and O–H groups in total. The average Bonchev–Trinajstić information content (AvgIpc) is 2.83. The van der Waals surface area contributed by atoms with Gasteiger partial charge in [-0.25, -0.2) is 0 Å². The third-order valence-electron chi connectivity index (χ3n) is 6.90. The van der Waals surface area contributed by atoms with Crippen LogP contribution in [0.5, 0.6) is 0 Å². The molecule has 2 aliphatic heterocycles. The summed E-state index contributed by atoms with van der Waals surface area (Å²) in [5.74, 6) is 0.0122. The van der Waals surface area contributed by atoms with Crippen LogP contribution in [0, 0.1) is 0 Å². The monoisotopic (exact) mass is 464 g/mol. The Morgan fingerprint density at radius 3 is 2.38 bits per heavy atom. The van der Waals surface area contributed by atoms with Gasteiger partial charge in [0.25, 0.3) is 5.91 Å². The third-order valence-corrected chi connectivity index (χ3v) is 6.90. The van der Waals surface area contributed by atoms with Crippen molar-refractivity contribution in [2.75, 3.05) is 52.9 Å². The minimum Gasteiger partial charge on any atom is -0.373 e. The standard InChI is InChI=1S/C28H40N4O2/c1-22-18-31(19-23(2)34-22)20-24-10-12-26(13-11-24)28(33)29-14-7-15-32-17-16-30(3)21-27(32)25-8-5-4-6-9-25/h4-6,8-13,22-23,27H,7,14-21H2,1-3H3,(H,29,33). The third kappa shape index (κ3) is 6.89. The number of likely N-dealkylation sites (N-methyl/N-ethyl adjacent to an activating group) is 1. The van der Waals surface area contributed by atoms with Crippen molar-refractivity contribution in [2.24, 2.45) is 0 Å². The summed E-state index contributed by atoms with van der Waals surface area (Å²) in [5, 5.41) is 3.11. The Balaban J connectivity index is 1.22. The van der Waals surface area contributed by atoms with Crippen molar-refractivity contribution < 1.29 is 9.53 Å². The van der Waals surface area contributed by atoms with E-state index in [1.807, 2.05) is 12.1 Å². The molecule has 2 heterocycles. The summed E-state index contributed by atoms with van der Waals surface area (Å²) in [4.78, 5) is 20.0. The molecule has 6 heteroatoms. The molecule has 3 atom stereocenters. The normalized spacial score (nSPS) is 24.7. The molecule has 4 rings (SSSR count). The zero-order valence-corrected chi connectivity index (χ0v) is 21.0. The van der Waals surface area contributed by atoms with E-state index >= 15 is 0 Å². The lowest BCUT2D eigenvalue weighted by Gasteiger charge is -2.40. The molecule has 184 valence electrons. The molecule has 34 heavy (non-hydrogen) atoms. The van der Waals surface area contributed by atoms with Gasteiger partial charge in [0.15, 0.2) is 0 Å². The van der Waals surface area contributed by atoms with Crippen LogP contribution in [0.2, 0.25) is 0 Å². The Morgan fingerprint density at radius 1 is 0.971 bits per heavy atom. The molecule has 2 aliphatic rings. The number of hydrogen-bond acceptors (Lipinski definition) is 5. The van der Waals surface area contributed by atoms with Crippen LogP contribution in [0.15, 0.2) is 54.6 Å². The maximum Gasteiger partial charge on any atom is 0.251 e. The van der Waals surface area contributed by atoms with Crippen LogP contribution in [-0.4, -0.2) is 85.7 Å². The second-order valence-electron chi connectivity index (χ2n) is 9.98. The summed E-state index contributed by atoms with van der Waals surface area (Å²) in [7, 11) is 2.20. The number of carbonyl (C=O) groups excluding carboxylic acids is 1. The summed E-state index contributed by atoms with van der Waals surface area (Å²) in [6.45, 7) is 11.9. The van der Waals surface area contributed by atoms with Gasteiger partial charge in [-0.15, -0.1) is 0 Å². The van der Waals surface area contributed by atoms with Gasteiger partial charge in [-0.3, -0.25) is 14.6 Å². The van der Waals surface area contributed by atoms with E-state index < -0.39 is 0 Å².